The first-order valence-electron chi connectivity index (χ1n) is 7.62. The number of hydrogen-bond donors (Lipinski definition) is 0. The normalized spacial score (nSPS) is 7.50. The van der Waals surface area contributed by atoms with E-state index in [1.54, 1.807) is 0 Å². The summed E-state index contributed by atoms with van der Waals surface area (Å²) in [6.45, 7) is 25.2. The molecule has 16 heavy (non-hydrogen) atoms. The highest BCUT2D eigenvalue weighted by Crippen LogP contribution is 2.25. The molecule has 0 spiro atoms. The van der Waals surface area contributed by atoms with Gasteiger partial charge in [0.05, 0.1) is 0 Å². The minimum absolute atomic E-state index is 0.592. The molecule has 106 valence electrons. The summed E-state index contributed by atoms with van der Waals surface area (Å²) in [5, 5.41) is 0. The van der Waals surface area contributed by atoms with E-state index >= 15 is 0 Å². The molecule has 0 aliphatic heterocycles. The van der Waals surface area contributed by atoms with Crippen molar-refractivity contribution in [3.8, 4) is 0 Å². The van der Waals surface area contributed by atoms with Crippen LogP contribution in [0.1, 0.15) is 102 Å². The molecule has 0 saturated heterocycles. The second-order valence-corrected chi connectivity index (χ2v) is 3.27. The van der Waals surface area contributed by atoms with Gasteiger partial charge in [0.25, 0.3) is 0 Å². The molecule has 0 nitrogen and oxygen atoms in total. The fourth-order valence-corrected chi connectivity index (χ4v) is 0.854. The van der Waals surface area contributed by atoms with Crippen molar-refractivity contribution in [2.24, 2.45) is 5.41 Å². The Labute approximate surface area is 108 Å². The van der Waals surface area contributed by atoms with E-state index in [0.29, 0.717) is 5.41 Å². The van der Waals surface area contributed by atoms with Gasteiger partial charge in [-0.05, 0) is 11.8 Å². The lowest BCUT2D eigenvalue weighted by atomic mass is 9.86. The van der Waals surface area contributed by atoms with E-state index < -0.39 is 0 Å². The molecule has 0 aromatic carbocycles. The zero-order chi connectivity index (χ0) is 14.6. The smallest absolute Gasteiger partial charge is 0.0357 e. The van der Waals surface area contributed by atoms with Crippen LogP contribution in [0, 0.1) is 5.41 Å². The first kappa shape index (κ1) is 29.8. The van der Waals surface area contributed by atoms with Crippen LogP contribution in [0.4, 0.5) is 0 Å². The second-order valence-electron chi connectivity index (χ2n) is 3.27. The Kier molecular flexibility index (Phi) is 67.5. The highest BCUT2D eigenvalue weighted by atomic mass is 14.2. The third-order valence-electron chi connectivity index (χ3n) is 1.88. The van der Waals surface area contributed by atoms with Gasteiger partial charge in [-0.3, -0.25) is 0 Å². The molecule has 0 rings (SSSR count). The Morgan fingerprint density at radius 1 is 0.625 bits per heavy atom. The van der Waals surface area contributed by atoms with Crippen LogP contribution in [0.5, 0.6) is 0 Å². The van der Waals surface area contributed by atoms with Gasteiger partial charge in [0.1, 0.15) is 0 Å². The summed E-state index contributed by atoms with van der Waals surface area (Å²) in [4.78, 5) is 0. The molecule has 0 aromatic rings. The predicted octanol–water partition coefficient (Wildman–Crippen LogP) is 7.33. The van der Waals surface area contributed by atoms with Crippen LogP contribution in [-0.4, -0.2) is 0 Å². The molecule has 0 amide bonds. The molecule has 0 aromatic heterocycles. The van der Waals surface area contributed by atoms with Gasteiger partial charge in [0.2, 0.25) is 0 Å². The Morgan fingerprint density at radius 2 is 0.875 bits per heavy atom. The highest BCUT2D eigenvalue weighted by molar-refractivity contribution is 4.63. The number of rotatable bonds is 3. The van der Waals surface area contributed by atoms with Gasteiger partial charge in [0, 0.05) is 0 Å². The fourth-order valence-electron chi connectivity index (χ4n) is 0.854. The van der Waals surface area contributed by atoms with E-state index in [0.717, 1.165) is 0 Å². The van der Waals surface area contributed by atoms with Gasteiger partial charge in [0.15, 0.2) is 0 Å². The Balaban J connectivity index is -0.0000000426. The zero-order valence-electron chi connectivity index (χ0n) is 14.6. The van der Waals surface area contributed by atoms with Crippen LogP contribution in [0.3, 0.4) is 0 Å². The lowest BCUT2D eigenvalue weighted by Crippen LogP contribution is -2.07. The van der Waals surface area contributed by atoms with E-state index in [1.165, 1.54) is 19.3 Å². The van der Waals surface area contributed by atoms with Crippen LogP contribution >= 0.6 is 0 Å². The fraction of sp³-hybridized carbons (Fsp3) is 1.00. The van der Waals surface area contributed by atoms with Crippen LogP contribution in [-0.2, 0) is 0 Å². The Morgan fingerprint density at radius 3 is 0.938 bits per heavy atom. The minimum Gasteiger partial charge on any atom is -0.0683 e. The van der Waals surface area contributed by atoms with Gasteiger partial charge in [-0.1, -0.05) is 95.9 Å². The summed E-state index contributed by atoms with van der Waals surface area (Å²) in [6.07, 6.45) is 3.99. The van der Waals surface area contributed by atoms with Gasteiger partial charge in [-0.25, -0.2) is 0 Å². The van der Waals surface area contributed by atoms with Crippen molar-refractivity contribution in [1.82, 2.24) is 0 Å². The molecule has 0 N–H and O–H groups in total. The van der Waals surface area contributed by atoms with E-state index in [1.807, 2.05) is 55.4 Å². The van der Waals surface area contributed by atoms with Crippen molar-refractivity contribution in [3.05, 3.63) is 0 Å². The molecular formula is C16H42. The summed E-state index contributed by atoms with van der Waals surface area (Å²) in [5.74, 6) is 0. The summed E-state index contributed by atoms with van der Waals surface area (Å²) < 4.78 is 0. The average Bonchev–Trinajstić information content (AvgIpc) is 2.39. The molecule has 0 saturated carbocycles. The second kappa shape index (κ2) is 36.3. The van der Waals surface area contributed by atoms with Crippen molar-refractivity contribution in [2.75, 3.05) is 0 Å². The predicted molar refractivity (Wildman–Crippen MR) is 84.4 cm³/mol. The van der Waals surface area contributed by atoms with Gasteiger partial charge < -0.3 is 0 Å². The van der Waals surface area contributed by atoms with E-state index in [-0.39, 0.29) is 0 Å². The van der Waals surface area contributed by atoms with E-state index in [4.69, 9.17) is 0 Å². The molecule has 0 heterocycles. The molecule has 0 bridgehead atoms. The lowest BCUT2D eigenvalue weighted by molar-refractivity contribution is 0.319. The maximum Gasteiger partial charge on any atom is -0.0357 e. The summed E-state index contributed by atoms with van der Waals surface area (Å²) in [7, 11) is 0. The standard InChI is InChI=1S/C8H18.4C2H6/c1-5-7-8(3,4)6-2;4*1-2/h5-7H2,1-4H3;4*1-2H3. The SMILES string of the molecule is CC.CC.CC.CC.CCCC(C)(C)CC. The zero-order valence-corrected chi connectivity index (χ0v) is 14.6. The van der Waals surface area contributed by atoms with Gasteiger partial charge in [-0.2, -0.15) is 0 Å². The molecule has 0 unspecified atom stereocenters. The molecule has 0 aliphatic rings. The topological polar surface area (TPSA) is 0 Å². The van der Waals surface area contributed by atoms with Crippen LogP contribution in [0.15, 0.2) is 0 Å². The van der Waals surface area contributed by atoms with Crippen LogP contribution in [0.25, 0.3) is 0 Å². The molecule has 0 heteroatoms. The Bertz CT molecular complexity index is 53.1. The minimum atomic E-state index is 0.592. The van der Waals surface area contributed by atoms with Crippen LogP contribution in [0.2, 0.25) is 0 Å². The van der Waals surface area contributed by atoms with Crippen LogP contribution < -0.4 is 0 Å². The summed E-state index contributed by atoms with van der Waals surface area (Å²) in [5.41, 5.74) is 0.592. The van der Waals surface area contributed by atoms with E-state index in [2.05, 4.69) is 27.7 Å². The third-order valence-corrected chi connectivity index (χ3v) is 1.88. The van der Waals surface area contributed by atoms with Crippen molar-refractivity contribution in [3.63, 3.8) is 0 Å². The first-order chi connectivity index (χ1) is 7.62. The van der Waals surface area contributed by atoms with E-state index in [9.17, 15) is 0 Å². The molecule has 0 atom stereocenters. The van der Waals surface area contributed by atoms with Crippen molar-refractivity contribution < 1.29 is 0 Å². The third kappa shape index (κ3) is 48.3. The van der Waals surface area contributed by atoms with Crippen molar-refractivity contribution in [2.45, 2.75) is 102 Å². The molecular weight excluding hydrogens is 192 g/mol. The molecule has 0 radical (unpaired) electrons. The van der Waals surface area contributed by atoms with Gasteiger partial charge in [-0.15, -0.1) is 0 Å². The number of hydrogen-bond acceptors (Lipinski definition) is 0. The quantitative estimate of drug-likeness (QED) is 0.479. The first-order valence-corrected chi connectivity index (χ1v) is 7.62. The van der Waals surface area contributed by atoms with Gasteiger partial charge >= 0.3 is 0 Å². The highest BCUT2D eigenvalue weighted by Gasteiger charge is 2.11. The van der Waals surface area contributed by atoms with Crippen molar-refractivity contribution in [1.29, 1.82) is 0 Å². The largest absolute Gasteiger partial charge is 0.0683 e. The average molecular weight is 235 g/mol. The molecule has 0 aliphatic carbocycles. The Hall–Kier alpha value is 0. The lowest BCUT2D eigenvalue weighted by Gasteiger charge is -2.20. The monoisotopic (exact) mass is 234 g/mol. The van der Waals surface area contributed by atoms with Crippen molar-refractivity contribution >= 4 is 0 Å². The summed E-state index contributed by atoms with van der Waals surface area (Å²) >= 11 is 0. The maximum absolute atomic E-state index is 2.33. The molecule has 0 fully saturated rings. The maximum atomic E-state index is 2.33. The summed E-state index contributed by atoms with van der Waals surface area (Å²) in [6, 6.07) is 0.